The van der Waals surface area contributed by atoms with Crippen molar-refractivity contribution in [2.45, 2.75) is 25.2 Å². The quantitative estimate of drug-likeness (QED) is 0.574. The lowest BCUT2D eigenvalue weighted by Gasteiger charge is -2.17. The fraction of sp³-hybridized carbons (Fsp3) is 0.400. The van der Waals surface area contributed by atoms with Crippen molar-refractivity contribution in [2.75, 3.05) is 29.6 Å². The third-order valence-electron chi connectivity index (χ3n) is 4.94. The van der Waals surface area contributed by atoms with Gasteiger partial charge in [-0.15, -0.1) is 11.8 Å². The molecular weight excluding hydrogens is 392 g/mol. The van der Waals surface area contributed by atoms with Gasteiger partial charge in [0.1, 0.15) is 0 Å². The van der Waals surface area contributed by atoms with Crippen molar-refractivity contribution in [1.29, 1.82) is 0 Å². The summed E-state index contributed by atoms with van der Waals surface area (Å²) in [6, 6.07) is 7.61. The molecule has 0 bridgehead atoms. The Hall–Kier alpha value is -2.81. The molecule has 1 atom stereocenters. The van der Waals surface area contributed by atoms with Gasteiger partial charge in [0, 0.05) is 30.6 Å². The second kappa shape index (κ2) is 8.69. The number of carbonyl (C=O) groups excluding carboxylic acids is 3. The summed E-state index contributed by atoms with van der Waals surface area (Å²) in [7, 11) is 1.79. The Bertz CT molecular complexity index is 956. The molecule has 0 saturated carbocycles. The summed E-state index contributed by atoms with van der Waals surface area (Å²) in [6.45, 7) is 3.48. The molecule has 29 heavy (non-hydrogen) atoms. The van der Waals surface area contributed by atoms with Crippen LogP contribution < -0.4 is 10.2 Å². The van der Waals surface area contributed by atoms with E-state index in [0.29, 0.717) is 11.4 Å². The van der Waals surface area contributed by atoms with Gasteiger partial charge in [-0.05, 0) is 38.3 Å². The molecule has 8 nitrogen and oxygen atoms in total. The number of hydrogen-bond acceptors (Lipinski definition) is 6. The van der Waals surface area contributed by atoms with Gasteiger partial charge in [-0.25, -0.2) is 0 Å². The molecule has 2 heterocycles. The molecule has 1 aliphatic heterocycles. The highest BCUT2D eigenvalue weighted by molar-refractivity contribution is 7.98. The lowest BCUT2D eigenvalue weighted by Crippen LogP contribution is -2.28. The van der Waals surface area contributed by atoms with Gasteiger partial charge >= 0.3 is 5.97 Å². The molecule has 1 aromatic heterocycles. The van der Waals surface area contributed by atoms with Crippen LogP contribution in [0.2, 0.25) is 0 Å². The van der Waals surface area contributed by atoms with Gasteiger partial charge in [0.2, 0.25) is 5.91 Å². The molecule has 9 heteroatoms. The van der Waals surface area contributed by atoms with Crippen LogP contribution in [0.5, 0.6) is 0 Å². The van der Waals surface area contributed by atoms with Crippen LogP contribution in [0.1, 0.15) is 17.8 Å². The molecular formula is C20H24N4O4S. The molecule has 1 fully saturated rings. The monoisotopic (exact) mass is 416 g/mol. The minimum Gasteiger partial charge on any atom is -0.455 e. The van der Waals surface area contributed by atoms with E-state index in [2.05, 4.69) is 10.4 Å². The molecule has 1 N–H and O–H groups in total. The van der Waals surface area contributed by atoms with Gasteiger partial charge < -0.3 is 15.0 Å². The smallest absolute Gasteiger partial charge is 0.311 e. The van der Waals surface area contributed by atoms with Crippen LogP contribution in [-0.4, -0.2) is 47.0 Å². The van der Waals surface area contributed by atoms with Crippen molar-refractivity contribution < 1.29 is 19.1 Å². The lowest BCUT2D eigenvalue weighted by atomic mass is 10.1. The predicted molar refractivity (Wildman–Crippen MR) is 111 cm³/mol. The van der Waals surface area contributed by atoms with E-state index in [1.807, 2.05) is 37.4 Å². The number of thioether (sulfide) groups is 1. The van der Waals surface area contributed by atoms with Crippen LogP contribution in [-0.2, 0) is 26.2 Å². The fourth-order valence-corrected chi connectivity index (χ4v) is 3.73. The summed E-state index contributed by atoms with van der Waals surface area (Å²) in [5.74, 6) is -1.70. The Kier molecular flexibility index (Phi) is 6.26. The van der Waals surface area contributed by atoms with Crippen molar-refractivity contribution in [3.63, 3.8) is 0 Å². The number of aromatic nitrogens is 2. The van der Waals surface area contributed by atoms with E-state index in [4.69, 9.17) is 4.74 Å². The van der Waals surface area contributed by atoms with E-state index < -0.39 is 24.4 Å². The standard InChI is InChI=1S/C20H24N4O4S/c1-12-19(13(2)23(3)22-12)21-17(25)11-28-20(27)14-8-18(26)24(10-14)15-6-5-7-16(9-15)29-4/h5-7,9,14H,8,10-11H2,1-4H3,(H,21,25)/t14-/m0/s1. The number of benzene rings is 1. The molecule has 1 aliphatic rings. The highest BCUT2D eigenvalue weighted by Gasteiger charge is 2.36. The summed E-state index contributed by atoms with van der Waals surface area (Å²) in [6.07, 6.45) is 2.04. The summed E-state index contributed by atoms with van der Waals surface area (Å²) < 4.78 is 6.83. The normalized spacial score (nSPS) is 16.2. The molecule has 3 rings (SSSR count). The zero-order valence-corrected chi connectivity index (χ0v) is 17.7. The number of aryl methyl sites for hydroxylation is 2. The van der Waals surface area contributed by atoms with E-state index in [9.17, 15) is 14.4 Å². The topological polar surface area (TPSA) is 93.5 Å². The third-order valence-corrected chi connectivity index (χ3v) is 5.67. The predicted octanol–water partition coefficient (Wildman–Crippen LogP) is 2.29. The summed E-state index contributed by atoms with van der Waals surface area (Å²) >= 11 is 1.59. The van der Waals surface area contributed by atoms with E-state index in [0.717, 1.165) is 16.3 Å². The van der Waals surface area contributed by atoms with E-state index >= 15 is 0 Å². The lowest BCUT2D eigenvalue weighted by molar-refractivity contribution is -0.151. The molecule has 1 aromatic carbocycles. The number of nitrogens with zero attached hydrogens (tertiary/aromatic N) is 3. The van der Waals surface area contributed by atoms with Crippen molar-refractivity contribution in [3.8, 4) is 0 Å². The number of anilines is 2. The van der Waals surface area contributed by atoms with Crippen molar-refractivity contribution in [2.24, 2.45) is 13.0 Å². The second-order valence-corrected chi connectivity index (χ2v) is 7.81. The van der Waals surface area contributed by atoms with Gasteiger partial charge in [-0.1, -0.05) is 6.07 Å². The molecule has 0 radical (unpaired) electrons. The van der Waals surface area contributed by atoms with Crippen LogP contribution in [0.3, 0.4) is 0 Å². The minimum absolute atomic E-state index is 0.0742. The Morgan fingerprint density at radius 3 is 2.76 bits per heavy atom. The van der Waals surface area contributed by atoms with Gasteiger partial charge in [0.05, 0.1) is 23.0 Å². The number of rotatable bonds is 6. The van der Waals surface area contributed by atoms with Crippen molar-refractivity contribution in [1.82, 2.24) is 9.78 Å². The highest BCUT2D eigenvalue weighted by Crippen LogP contribution is 2.28. The first-order valence-corrected chi connectivity index (χ1v) is 10.4. The summed E-state index contributed by atoms with van der Waals surface area (Å²) in [4.78, 5) is 39.5. The second-order valence-electron chi connectivity index (χ2n) is 6.93. The Morgan fingerprint density at radius 1 is 1.34 bits per heavy atom. The van der Waals surface area contributed by atoms with Crippen LogP contribution >= 0.6 is 11.8 Å². The number of hydrogen-bond donors (Lipinski definition) is 1. The largest absolute Gasteiger partial charge is 0.455 e. The number of nitrogens with one attached hydrogen (secondary N) is 1. The third kappa shape index (κ3) is 4.61. The number of amides is 2. The van der Waals surface area contributed by atoms with Crippen molar-refractivity contribution >= 4 is 40.9 Å². The van der Waals surface area contributed by atoms with Crippen LogP contribution in [0.25, 0.3) is 0 Å². The average molecular weight is 417 g/mol. The maximum atomic E-state index is 12.4. The first kappa shape index (κ1) is 20.9. The molecule has 2 aromatic rings. The SMILES string of the molecule is CSc1cccc(N2C[C@@H](C(=O)OCC(=O)Nc3c(C)nn(C)c3C)CC2=O)c1. The molecule has 1 saturated heterocycles. The molecule has 154 valence electrons. The van der Waals surface area contributed by atoms with Crippen molar-refractivity contribution in [3.05, 3.63) is 35.7 Å². The minimum atomic E-state index is -0.588. The molecule has 0 aliphatic carbocycles. The maximum Gasteiger partial charge on any atom is 0.311 e. The number of esters is 1. The first-order valence-electron chi connectivity index (χ1n) is 9.21. The zero-order chi connectivity index (χ0) is 21.1. The number of carbonyl (C=O) groups is 3. The Morgan fingerprint density at radius 2 is 2.10 bits per heavy atom. The molecule has 2 amide bonds. The van der Waals surface area contributed by atoms with E-state index in [1.54, 1.807) is 35.3 Å². The van der Waals surface area contributed by atoms with Gasteiger partial charge in [-0.2, -0.15) is 5.10 Å². The maximum absolute atomic E-state index is 12.4. The van der Waals surface area contributed by atoms with Gasteiger partial charge in [0.25, 0.3) is 5.91 Å². The highest BCUT2D eigenvalue weighted by atomic mass is 32.2. The Labute approximate surface area is 173 Å². The first-order chi connectivity index (χ1) is 13.8. The van der Waals surface area contributed by atoms with Crippen LogP contribution in [0.4, 0.5) is 11.4 Å². The van der Waals surface area contributed by atoms with Gasteiger partial charge in [0.15, 0.2) is 6.61 Å². The van der Waals surface area contributed by atoms with Crippen LogP contribution in [0.15, 0.2) is 29.2 Å². The number of ether oxygens (including phenoxy) is 1. The average Bonchev–Trinajstić information content (AvgIpc) is 3.21. The molecule has 0 spiro atoms. The fourth-order valence-electron chi connectivity index (χ4n) is 3.28. The van der Waals surface area contributed by atoms with E-state index in [-0.39, 0.29) is 18.9 Å². The summed E-state index contributed by atoms with van der Waals surface area (Å²) in [5.41, 5.74) is 2.88. The van der Waals surface area contributed by atoms with Crippen LogP contribution in [0, 0.1) is 19.8 Å². The Balaban J connectivity index is 1.56. The summed E-state index contributed by atoms with van der Waals surface area (Å²) in [5, 5.41) is 6.95. The molecule has 0 unspecified atom stereocenters. The van der Waals surface area contributed by atoms with Gasteiger partial charge in [-0.3, -0.25) is 19.1 Å². The zero-order valence-electron chi connectivity index (χ0n) is 16.9. The van der Waals surface area contributed by atoms with E-state index in [1.165, 1.54) is 0 Å².